The molecule has 0 aliphatic heterocycles. The summed E-state index contributed by atoms with van der Waals surface area (Å²) >= 11 is 0. The number of aliphatic carboxylic acids is 1. The SMILES string of the molecule is CCCOc1ccc2cccc(C(=COC)C(=O)O)c2c1. The minimum absolute atomic E-state index is 0.121. The number of methoxy groups -OCH3 is 1. The van der Waals surface area contributed by atoms with Gasteiger partial charge < -0.3 is 14.6 Å². The zero-order valence-corrected chi connectivity index (χ0v) is 12.1. The average Bonchev–Trinajstić information content (AvgIpc) is 2.49. The lowest BCUT2D eigenvalue weighted by Crippen LogP contribution is -2.01. The molecule has 0 aromatic heterocycles. The van der Waals surface area contributed by atoms with Gasteiger partial charge in [0.25, 0.3) is 0 Å². The molecular formula is C17H18O4. The fraction of sp³-hybridized carbons (Fsp3) is 0.235. The van der Waals surface area contributed by atoms with Crippen LogP contribution in [0.1, 0.15) is 18.9 Å². The van der Waals surface area contributed by atoms with Crippen LogP contribution in [0.4, 0.5) is 0 Å². The Bertz CT molecular complexity index is 674. The largest absolute Gasteiger partial charge is 0.503 e. The summed E-state index contributed by atoms with van der Waals surface area (Å²) in [5.41, 5.74) is 0.736. The molecule has 0 fully saturated rings. The van der Waals surface area contributed by atoms with E-state index in [9.17, 15) is 9.90 Å². The molecule has 0 saturated heterocycles. The minimum atomic E-state index is -1.02. The molecule has 4 heteroatoms. The fourth-order valence-corrected chi connectivity index (χ4v) is 2.14. The van der Waals surface area contributed by atoms with Crippen molar-refractivity contribution in [3.63, 3.8) is 0 Å². The van der Waals surface area contributed by atoms with Gasteiger partial charge in [0.15, 0.2) is 0 Å². The van der Waals surface area contributed by atoms with Crippen LogP contribution in [0, 0.1) is 0 Å². The van der Waals surface area contributed by atoms with Gasteiger partial charge in [-0.2, -0.15) is 0 Å². The molecule has 0 atom stereocenters. The zero-order chi connectivity index (χ0) is 15.2. The fourth-order valence-electron chi connectivity index (χ4n) is 2.14. The molecule has 21 heavy (non-hydrogen) atoms. The lowest BCUT2D eigenvalue weighted by Gasteiger charge is -2.10. The molecule has 1 N–H and O–H groups in total. The predicted octanol–water partition coefficient (Wildman–Crippen LogP) is 3.70. The molecule has 0 radical (unpaired) electrons. The highest BCUT2D eigenvalue weighted by Crippen LogP contribution is 2.29. The van der Waals surface area contributed by atoms with Crippen LogP contribution in [0.15, 0.2) is 42.7 Å². The molecule has 2 aromatic carbocycles. The van der Waals surface area contributed by atoms with Gasteiger partial charge in [-0.05, 0) is 29.3 Å². The maximum Gasteiger partial charge on any atom is 0.339 e. The molecule has 110 valence electrons. The lowest BCUT2D eigenvalue weighted by atomic mass is 9.99. The highest BCUT2D eigenvalue weighted by atomic mass is 16.5. The zero-order valence-electron chi connectivity index (χ0n) is 12.1. The van der Waals surface area contributed by atoms with E-state index >= 15 is 0 Å². The predicted molar refractivity (Wildman–Crippen MR) is 82.4 cm³/mol. The maximum atomic E-state index is 11.4. The van der Waals surface area contributed by atoms with E-state index in [-0.39, 0.29) is 5.57 Å². The Labute approximate surface area is 123 Å². The third kappa shape index (κ3) is 3.34. The summed E-state index contributed by atoms with van der Waals surface area (Å²) in [5.74, 6) is -0.289. The molecule has 2 aromatic rings. The van der Waals surface area contributed by atoms with E-state index in [0.29, 0.717) is 12.2 Å². The quantitative estimate of drug-likeness (QED) is 0.650. The van der Waals surface area contributed by atoms with Gasteiger partial charge in [-0.1, -0.05) is 31.2 Å². The molecule has 0 aliphatic carbocycles. The Morgan fingerprint density at radius 1 is 1.29 bits per heavy atom. The van der Waals surface area contributed by atoms with Crippen LogP contribution in [0.5, 0.6) is 5.75 Å². The monoisotopic (exact) mass is 286 g/mol. The molecule has 0 spiro atoms. The van der Waals surface area contributed by atoms with Gasteiger partial charge >= 0.3 is 5.97 Å². The van der Waals surface area contributed by atoms with Gasteiger partial charge in [0.05, 0.1) is 20.0 Å². The minimum Gasteiger partial charge on any atom is -0.503 e. The van der Waals surface area contributed by atoms with E-state index in [1.54, 1.807) is 6.07 Å². The van der Waals surface area contributed by atoms with E-state index in [0.717, 1.165) is 22.9 Å². The third-order valence-corrected chi connectivity index (χ3v) is 3.08. The summed E-state index contributed by atoms with van der Waals surface area (Å²) in [5, 5.41) is 11.1. The van der Waals surface area contributed by atoms with E-state index in [2.05, 4.69) is 0 Å². The van der Waals surface area contributed by atoms with Gasteiger partial charge in [0, 0.05) is 5.56 Å². The Morgan fingerprint density at radius 2 is 2.10 bits per heavy atom. The van der Waals surface area contributed by atoms with Crippen molar-refractivity contribution in [2.45, 2.75) is 13.3 Å². The lowest BCUT2D eigenvalue weighted by molar-refractivity contribution is -0.130. The van der Waals surface area contributed by atoms with Crippen molar-refractivity contribution in [3.8, 4) is 5.75 Å². The summed E-state index contributed by atoms with van der Waals surface area (Å²) < 4.78 is 10.5. The van der Waals surface area contributed by atoms with Crippen molar-refractivity contribution in [2.75, 3.05) is 13.7 Å². The number of hydrogen-bond acceptors (Lipinski definition) is 3. The molecular weight excluding hydrogens is 268 g/mol. The molecule has 4 nitrogen and oxygen atoms in total. The first kappa shape index (κ1) is 14.9. The van der Waals surface area contributed by atoms with Crippen LogP contribution in [0.2, 0.25) is 0 Å². The molecule has 0 saturated carbocycles. The molecule has 0 aliphatic rings. The standard InChI is InChI=1S/C17H18O4/c1-3-9-21-13-8-7-12-5-4-6-14(15(12)10-13)16(11-20-2)17(18)19/h4-8,10-11H,3,9H2,1-2H3,(H,18,19). The van der Waals surface area contributed by atoms with Gasteiger partial charge in [-0.3, -0.25) is 0 Å². The molecule has 2 rings (SSSR count). The summed E-state index contributed by atoms with van der Waals surface area (Å²) in [6.07, 6.45) is 2.17. The van der Waals surface area contributed by atoms with Crippen molar-refractivity contribution in [1.29, 1.82) is 0 Å². The van der Waals surface area contributed by atoms with Crippen LogP contribution < -0.4 is 4.74 Å². The van der Waals surface area contributed by atoms with Gasteiger partial charge in [-0.15, -0.1) is 0 Å². The van der Waals surface area contributed by atoms with Gasteiger partial charge in [0.1, 0.15) is 11.3 Å². The normalized spacial score (nSPS) is 11.4. The Morgan fingerprint density at radius 3 is 2.76 bits per heavy atom. The highest BCUT2D eigenvalue weighted by molar-refractivity contribution is 6.19. The molecule has 0 bridgehead atoms. The number of ether oxygens (including phenoxy) is 2. The average molecular weight is 286 g/mol. The number of benzene rings is 2. The Hall–Kier alpha value is -2.49. The van der Waals surface area contributed by atoms with Crippen LogP contribution in [-0.2, 0) is 9.53 Å². The maximum absolute atomic E-state index is 11.4. The number of fused-ring (bicyclic) bond motifs is 1. The highest BCUT2D eigenvalue weighted by Gasteiger charge is 2.14. The third-order valence-electron chi connectivity index (χ3n) is 3.08. The summed E-state index contributed by atoms with van der Waals surface area (Å²) in [6.45, 7) is 2.67. The van der Waals surface area contributed by atoms with Gasteiger partial charge in [0.2, 0.25) is 0 Å². The van der Waals surface area contributed by atoms with Gasteiger partial charge in [-0.25, -0.2) is 4.79 Å². The molecule has 0 amide bonds. The number of rotatable bonds is 6. The first-order valence-electron chi connectivity index (χ1n) is 6.79. The summed E-state index contributed by atoms with van der Waals surface area (Å²) in [7, 11) is 1.43. The molecule has 0 heterocycles. The van der Waals surface area contributed by atoms with Crippen LogP contribution in [0.25, 0.3) is 16.3 Å². The summed E-state index contributed by atoms with van der Waals surface area (Å²) in [6, 6.07) is 11.2. The number of carbonyl (C=O) groups is 1. The Balaban J connectivity index is 2.57. The second kappa shape index (κ2) is 6.79. The van der Waals surface area contributed by atoms with Crippen LogP contribution in [-0.4, -0.2) is 24.8 Å². The summed E-state index contributed by atoms with van der Waals surface area (Å²) in [4.78, 5) is 11.4. The van der Waals surface area contributed by atoms with E-state index < -0.39 is 5.97 Å². The first-order valence-corrected chi connectivity index (χ1v) is 6.79. The van der Waals surface area contributed by atoms with Crippen molar-refractivity contribution in [3.05, 3.63) is 48.2 Å². The molecule has 0 unspecified atom stereocenters. The number of hydrogen-bond donors (Lipinski definition) is 1. The van der Waals surface area contributed by atoms with Crippen molar-refractivity contribution in [1.82, 2.24) is 0 Å². The van der Waals surface area contributed by atoms with Crippen molar-refractivity contribution < 1.29 is 19.4 Å². The smallest absolute Gasteiger partial charge is 0.339 e. The van der Waals surface area contributed by atoms with Crippen LogP contribution >= 0.6 is 0 Å². The van der Waals surface area contributed by atoms with Crippen LogP contribution in [0.3, 0.4) is 0 Å². The number of carboxylic acids is 1. The second-order valence-corrected chi connectivity index (χ2v) is 4.61. The number of carboxylic acid groups (broad SMARTS) is 1. The van der Waals surface area contributed by atoms with E-state index in [1.807, 2.05) is 37.3 Å². The van der Waals surface area contributed by atoms with E-state index in [1.165, 1.54) is 13.4 Å². The van der Waals surface area contributed by atoms with Crippen molar-refractivity contribution in [2.24, 2.45) is 0 Å². The van der Waals surface area contributed by atoms with E-state index in [4.69, 9.17) is 9.47 Å². The first-order chi connectivity index (χ1) is 10.2. The van der Waals surface area contributed by atoms with Crippen molar-refractivity contribution >= 4 is 22.3 Å². The Kier molecular flexibility index (Phi) is 4.82. The topological polar surface area (TPSA) is 55.8 Å². The second-order valence-electron chi connectivity index (χ2n) is 4.61.